The van der Waals surface area contributed by atoms with Crippen molar-refractivity contribution in [1.29, 1.82) is 0 Å². The number of carbonyl (C=O) groups is 2. The van der Waals surface area contributed by atoms with E-state index in [4.69, 9.17) is 32.7 Å². The van der Waals surface area contributed by atoms with Crippen LogP contribution in [-0.4, -0.2) is 36.0 Å². The minimum Gasteiger partial charge on any atom is -0.483 e. The second-order valence-electron chi connectivity index (χ2n) is 7.61. The zero-order valence-electron chi connectivity index (χ0n) is 16.0. The minimum absolute atomic E-state index is 0.0265. The molecule has 4 unspecified atom stereocenters. The maximum atomic E-state index is 13.6. The van der Waals surface area contributed by atoms with E-state index in [-0.39, 0.29) is 35.6 Å². The molecule has 0 spiro atoms. The first-order valence-electron chi connectivity index (χ1n) is 9.65. The third-order valence-corrected chi connectivity index (χ3v) is 7.53. The van der Waals surface area contributed by atoms with Crippen LogP contribution in [0.1, 0.15) is 30.9 Å². The number of nitrogens with zero attached hydrogens (tertiary/aromatic N) is 2. The Morgan fingerprint density at radius 2 is 2.07 bits per heavy atom. The molecule has 0 saturated heterocycles. The molecular weight excluding hydrogens is 447 g/mol. The largest absolute Gasteiger partial charge is 0.483 e. The molecule has 5 rings (SSSR count). The summed E-state index contributed by atoms with van der Waals surface area (Å²) < 4.78 is 11.6. The number of halogens is 2. The van der Waals surface area contributed by atoms with Crippen molar-refractivity contribution in [1.82, 2.24) is 4.98 Å². The van der Waals surface area contributed by atoms with Crippen molar-refractivity contribution in [3.63, 3.8) is 0 Å². The zero-order chi connectivity index (χ0) is 21.0. The molecule has 1 aromatic heterocycles. The van der Waals surface area contributed by atoms with Gasteiger partial charge in [0.05, 0.1) is 33.7 Å². The number of hydrogen-bond donors (Lipinski definition) is 0. The molecule has 0 N–H and O–H groups in total. The van der Waals surface area contributed by atoms with Crippen LogP contribution in [0.3, 0.4) is 0 Å². The second-order valence-corrected chi connectivity index (χ2v) is 9.29. The number of amides is 1. The van der Waals surface area contributed by atoms with E-state index < -0.39 is 6.04 Å². The van der Waals surface area contributed by atoms with E-state index in [1.54, 1.807) is 36.9 Å². The number of carbonyl (C=O) groups excluding carboxylic acids is 2. The standard InChI is InChI=1S/C21H18Cl2N2O4S/c1-28-11-3-4-12-15(9-11)29-19-16(18(12)26)17(10-2-5-13(22)14(23)8-10)25(20(19)27)21-24-6-7-30-21/h2,5-8,11-12,15,17H,3-4,9H2,1H3. The SMILES string of the molecule is COC1CCC2C(=O)C3=C(OC2C1)C(=O)N(c1nccs1)C3c1ccc(Cl)c(Cl)c1. The quantitative estimate of drug-likeness (QED) is 0.664. The van der Waals surface area contributed by atoms with Gasteiger partial charge >= 0.3 is 0 Å². The summed E-state index contributed by atoms with van der Waals surface area (Å²) >= 11 is 13.7. The molecule has 9 heteroatoms. The average molecular weight is 465 g/mol. The predicted molar refractivity (Wildman–Crippen MR) is 114 cm³/mol. The van der Waals surface area contributed by atoms with Gasteiger partial charge in [-0.25, -0.2) is 4.98 Å². The molecule has 2 aromatic rings. The van der Waals surface area contributed by atoms with Crippen LogP contribution >= 0.6 is 34.5 Å². The molecule has 1 aromatic carbocycles. The topological polar surface area (TPSA) is 68.7 Å². The summed E-state index contributed by atoms with van der Waals surface area (Å²) in [6, 6.07) is 4.49. The van der Waals surface area contributed by atoms with Gasteiger partial charge in [-0.2, -0.15) is 0 Å². The van der Waals surface area contributed by atoms with Crippen LogP contribution in [0, 0.1) is 5.92 Å². The summed E-state index contributed by atoms with van der Waals surface area (Å²) in [4.78, 5) is 32.9. The van der Waals surface area contributed by atoms with Crippen molar-refractivity contribution in [2.45, 2.75) is 37.5 Å². The molecule has 3 aliphatic rings. The minimum atomic E-state index is -0.651. The first kappa shape index (κ1) is 20.0. The first-order chi connectivity index (χ1) is 14.5. The van der Waals surface area contributed by atoms with Gasteiger partial charge in [0.2, 0.25) is 0 Å². The van der Waals surface area contributed by atoms with Gasteiger partial charge in [0.15, 0.2) is 16.7 Å². The number of benzene rings is 1. The van der Waals surface area contributed by atoms with E-state index in [1.165, 1.54) is 16.2 Å². The van der Waals surface area contributed by atoms with Crippen LogP contribution in [0.4, 0.5) is 5.13 Å². The third-order valence-electron chi connectivity index (χ3n) is 6.02. The van der Waals surface area contributed by atoms with Crippen molar-refractivity contribution in [2.75, 3.05) is 12.0 Å². The number of methoxy groups -OCH3 is 1. The highest BCUT2D eigenvalue weighted by atomic mass is 35.5. The Morgan fingerprint density at radius 3 is 2.77 bits per heavy atom. The van der Waals surface area contributed by atoms with Crippen molar-refractivity contribution in [3.8, 4) is 0 Å². The summed E-state index contributed by atoms with van der Waals surface area (Å²) in [6.45, 7) is 0. The number of Topliss-reactive ketones (excluding diaryl/α,β-unsaturated/α-hetero) is 1. The number of ether oxygens (including phenoxy) is 2. The van der Waals surface area contributed by atoms with E-state index in [9.17, 15) is 9.59 Å². The fourth-order valence-electron chi connectivity index (χ4n) is 4.57. The second kappa shape index (κ2) is 7.64. The Morgan fingerprint density at radius 1 is 1.23 bits per heavy atom. The Bertz CT molecular complexity index is 1060. The molecule has 0 bridgehead atoms. The van der Waals surface area contributed by atoms with Gasteiger partial charge in [-0.1, -0.05) is 29.3 Å². The van der Waals surface area contributed by atoms with Crippen LogP contribution in [0.15, 0.2) is 41.1 Å². The summed E-state index contributed by atoms with van der Waals surface area (Å²) in [5.41, 5.74) is 1.07. The van der Waals surface area contributed by atoms with Crippen molar-refractivity contribution >= 4 is 51.4 Å². The maximum Gasteiger partial charge on any atom is 0.296 e. The van der Waals surface area contributed by atoms with E-state index in [1.807, 2.05) is 0 Å². The summed E-state index contributed by atoms with van der Waals surface area (Å²) in [5, 5.41) is 3.05. The molecule has 1 amide bonds. The Balaban J connectivity index is 1.62. The molecule has 2 aliphatic heterocycles. The number of anilines is 1. The highest BCUT2D eigenvalue weighted by Crippen LogP contribution is 2.49. The molecule has 6 nitrogen and oxygen atoms in total. The van der Waals surface area contributed by atoms with Crippen molar-refractivity contribution in [3.05, 3.63) is 56.7 Å². The molecule has 4 atom stereocenters. The Labute approximate surface area is 187 Å². The number of aromatic nitrogens is 1. The van der Waals surface area contributed by atoms with Gasteiger partial charge in [-0.3, -0.25) is 14.5 Å². The first-order valence-corrected chi connectivity index (χ1v) is 11.3. The lowest BCUT2D eigenvalue weighted by Gasteiger charge is -2.38. The van der Waals surface area contributed by atoms with E-state index in [0.717, 1.165) is 6.42 Å². The molecule has 1 saturated carbocycles. The van der Waals surface area contributed by atoms with Crippen LogP contribution in [-0.2, 0) is 19.1 Å². The Kier molecular flexibility index (Phi) is 5.09. The zero-order valence-corrected chi connectivity index (χ0v) is 18.3. The molecule has 1 fully saturated rings. The molecule has 30 heavy (non-hydrogen) atoms. The van der Waals surface area contributed by atoms with E-state index in [2.05, 4.69) is 4.98 Å². The van der Waals surface area contributed by atoms with Crippen LogP contribution in [0.25, 0.3) is 0 Å². The van der Waals surface area contributed by atoms with E-state index >= 15 is 0 Å². The number of ketones is 1. The average Bonchev–Trinajstić information content (AvgIpc) is 3.36. The smallest absolute Gasteiger partial charge is 0.296 e. The molecule has 0 radical (unpaired) electrons. The van der Waals surface area contributed by atoms with Gasteiger partial charge < -0.3 is 9.47 Å². The van der Waals surface area contributed by atoms with Crippen LogP contribution in [0.5, 0.6) is 0 Å². The highest BCUT2D eigenvalue weighted by molar-refractivity contribution is 7.13. The van der Waals surface area contributed by atoms with Gasteiger partial charge in [0, 0.05) is 25.1 Å². The van der Waals surface area contributed by atoms with Crippen molar-refractivity contribution < 1.29 is 19.1 Å². The van der Waals surface area contributed by atoms with Crippen LogP contribution < -0.4 is 4.90 Å². The lowest BCUT2D eigenvalue weighted by Crippen LogP contribution is -2.43. The summed E-state index contributed by atoms with van der Waals surface area (Å²) in [6.07, 6.45) is 3.34. The number of hydrogen-bond acceptors (Lipinski definition) is 6. The predicted octanol–water partition coefficient (Wildman–Crippen LogP) is 4.57. The lowest BCUT2D eigenvalue weighted by atomic mass is 9.76. The summed E-state index contributed by atoms with van der Waals surface area (Å²) in [5.74, 6) is -0.574. The Hall–Kier alpha value is -1.93. The summed E-state index contributed by atoms with van der Waals surface area (Å²) in [7, 11) is 1.66. The number of fused-ring (bicyclic) bond motifs is 1. The lowest BCUT2D eigenvalue weighted by molar-refractivity contribution is -0.135. The third kappa shape index (κ3) is 3.07. The molecule has 1 aliphatic carbocycles. The number of rotatable bonds is 3. The van der Waals surface area contributed by atoms with Crippen molar-refractivity contribution in [2.24, 2.45) is 5.92 Å². The number of thiazole rings is 1. The molecule has 156 valence electrons. The van der Waals surface area contributed by atoms with Gasteiger partial charge in [-0.15, -0.1) is 11.3 Å². The molecule has 3 heterocycles. The fourth-order valence-corrected chi connectivity index (χ4v) is 5.55. The van der Waals surface area contributed by atoms with Crippen LogP contribution in [0.2, 0.25) is 10.0 Å². The van der Waals surface area contributed by atoms with E-state index in [0.29, 0.717) is 39.2 Å². The van der Waals surface area contributed by atoms with Gasteiger partial charge in [0.1, 0.15) is 6.10 Å². The highest BCUT2D eigenvalue weighted by Gasteiger charge is 2.53. The fraction of sp³-hybridized carbons (Fsp3) is 0.381. The maximum absolute atomic E-state index is 13.6. The monoisotopic (exact) mass is 464 g/mol. The normalized spacial score (nSPS) is 28.4. The van der Waals surface area contributed by atoms with Gasteiger partial charge in [-0.05, 0) is 30.5 Å². The molecular formula is C21H18Cl2N2O4S. The van der Waals surface area contributed by atoms with Gasteiger partial charge in [0.25, 0.3) is 5.91 Å².